The van der Waals surface area contributed by atoms with Gasteiger partial charge in [-0.2, -0.15) is 4.31 Å². The number of carbonyl (C=O) groups excluding carboxylic acids is 1. The van der Waals surface area contributed by atoms with Crippen LogP contribution in [0, 0.1) is 11.8 Å². The summed E-state index contributed by atoms with van der Waals surface area (Å²) in [5.41, 5.74) is 0.936. The Labute approximate surface area is 318 Å². The predicted molar refractivity (Wildman–Crippen MR) is 201 cm³/mol. The number of fused-ring (bicyclic) bond motifs is 2. The summed E-state index contributed by atoms with van der Waals surface area (Å²) in [7, 11) is -2.55. The quantitative estimate of drug-likeness (QED) is 0.128. The van der Waals surface area contributed by atoms with Crippen LogP contribution in [0.3, 0.4) is 0 Å². The number of nitrogens with zero attached hydrogens (tertiary/aromatic N) is 1. The minimum Gasteiger partial charge on any atom is -0.497 e. The fourth-order valence-electron chi connectivity index (χ4n) is 6.98. The predicted octanol–water partition coefficient (Wildman–Crippen LogP) is 5.68. The van der Waals surface area contributed by atoms with E-state index in [1.54, 1.807) is 48.5 Å². The van der Waals surface area contributed by atoms with E-state index in [0.29, 0.717) is 40.4 Å². The van der Waals surface area contributed by atoms with Crippen molar-refractivity contribution in [1.29, 1.82) is 0 Å². The molecule has 13 nitrogen and oxygen atoms in total. The molecular formula is C39H46N2O11S2. The van der Waals surface area contributed by atoms with Crippen LogP contribution >= 0.6 is 11.3 Å². The van der Waals surface area contributed by atoms with Crippen LogP contribution in [0.15, 0.2) is 77.7 Å². The van der Waals surface area contributed by atoms with E-state index in [2.05, 4.69) is 5.32 Å². The number of amides is 1. The van der Waals surface area contributed by atoms with Crippen molar-refractivity contribution >= 4 is 43.5 Å². The normalized spacial score (nSPS) is 20.9. The van der Waals surface area contributed by atoms with Crippen LogP contribution < -0.4 is 14.8 Å². The van der Waals surface area contributed by atoms with Crippen molar-refractivity contribution in [3.05, 3.63) is 88.8 Å². The summed E-state index contributed by atoms with van der Waals surface area (Å²) in [4.78, 5) is 26.1. The van der Waals surface area contributed by atoms with E-state index in [1.165, 1.54) is 34.9 Å². The zero-order valence-corrected chi connectivity index (χ0v) is 32.2. The molecule has 1 aromatic heterocycles. The zero-order valence-electron chi connectivity index (χ0n) is 30.6. The second kappa shape index (κ2) is 16.6. The Balaban J connectivity index is 1.19. The van der Waals surface area contributed by atoms with Crippen LogP contribution in [0.5, 0.6) is 11.5 Å². The molecule has 2 aliphatic heterocycles. The highest BCUT2D eigenvalue weighted by molar-refractivity contribution is 7.89. The number of hydrogen-bond acceptors (Lipinski definition) is 11. The first kappa shape index (κ1) is 39.4. The van der Waals surface area contributed by atoms with Crippen LogP contribution in [0.2, 0.25) is 0 Å². The number of thiophene rings is 1. The Bertz CT molecular complexity index is 2040. The molecule has 0 aliphatic carbocycles. The number of aromatic carboxylic acids is 1. The van der Waals surface area contributed by atoms with Gasteiger partial charge in [-0.3, -0.25) is 0 Å². The van der Waals surface area contributed by atoms with Crippen LogP contribution in [-0.4, -0.2) is 92.4 Å². The van der Waals surface area contributed by atoms with Gasteiger partial charge in [0.2, 0.25) is 10.0 Å². The molecule has 3 N–H and O–H groups in total. The van der Waals surface area contributed by atoms with Crippen molar-refractivity contribution in [1.82, 2.24) is 9.62 Å². The minimum absolute atomic E-state index is 0.0462. The van der Waals surface area contributed by atoms with E-state index < -0.39 is 46.1 Å². The van der Waals surface area contributed by atoms with Gasteiger partial charge in [0.05, 0.1) is 53.7 Å². The van der Waals surface area contributed by atoms with Gasteiger partial charge in [-0.1, -0.05) is 44.2 Å². The lowest BCUT2D eigenvalue weighted by Crippen LogP contribution is -2.51. The molecule has 290 valence electrons. The standard InChI is InChI=1S/C39H46N2O11S2/c1-24(2)20-41(54(46,47)28-15-13-26(48-4)14-16-28)21-32(42)31(40-38(45)52-33-22-51-39(3)30(33)17-18-50-39)19-25-9-11-27(12-10-25)49-23-35-36(37(43)44)29-7-5-6-8-34(29)53-35/h5-16,24,30-33,42H,17-23H2,1-4H3,(H,40,45)(H,43,44)/t30-,31-,32+,33-,39+/m0/s1. The van der Waals surface area contributed by atoms with Crippen molar-refractivity contribution < 1.29 is 51.9 Å². The number of hydrogen-bond donors (Lipinski definition) is 3. The SMILES string of the molecule is COc1ccc(S(=O)(=O)N(CC(C)C)C[C@@H](O)[C@H](Cc2ccc(OCc3sc4ccccc4c3C(=O)O)cc2)NC(=O)O[C@H]2CO[C@@]3(C)OCC[C@@H]23)cc1. The fraction of sp³-hybridized carbons (Fsp3) is 0.436. The first-order valence-electron chi connectivity index (χ1n) is 17.8. The smallest absolute Gasteiger partial charge is 0.407 e. The number of aliphatic hydroxyl groups is 1. The number of methoxy groups -OCH3 is 1. The number of alkyl carbamates (subject to hydrolysis) is 1. The maximum atomic E-state index is 13.9. The summed E-state index contributed by atoms with van der Waals surface area (Å²) >= 11 is 1.36. The first-order valence-corrected chi connectivity index (χ1v) is 20.1. The third-order valence-corrected chi connectivity index (χ3v) is 12.8. The molecule has 2 fully saturated rings. The van der Waals surface area contributed by atoms with Gasteiger partial charge in [0, 0.05) is 23.2 Å². The number of nitrogens with one attached hydrogen (secondary N) is 1. The van der Waals surface area contributed by atoms with Crippen LogP contribution in [-0.2, 0) is 37.3 Å². The highest BCUT2D eigenvalue weighted by atomic mass is 32.2. The summed E-state index contributed by atoms with van der Waals surface area (Å²) in [6.45, 7) is 6.12. The van der Waals surface area contributed by atoms with Crippen LogP contribution in [0.25, 0.3) is 10.1 Å². The maximum Gasteiger partial charge on any atom is 0.407 e. The van der Waals surface area contributed by atoms with E-state index in [0.717, 1.165) is 4.70 Å². The lowest BCUT2D eigenvalue weighted by Gasteiger charge is -2.31. The van der Waals surface area contributed by atoms with Gasteiger partial charge in [0.1, 0.15) is 24.2 Å². The molecule has 6 rings (SSSR count). The molecular weight excluding hydrogens is 737 g/mol. The van der Waals surface area contributed by atoms with Crippen molar-refractivity contribution in [3.8, 4) is 11.5 Å². The van der Waals surface area contributed by atoms with E-state index >= 15 is 0 Å². The molecule has 5 atom stereocenters. The van der Waals surface area contributed by atoms with E-state index in [1.807, 2.05) is 32.9 Å². The van der Waals surface area contributed by atoms with E-state index in [4.69, 9.17) is 23.7 Å². The number of aliphatic hydroxyl groups excluding tert-OH is 1. The monoisotopic (exact) mass is 782 g/mol. The molecule has 0 spiro atoms. The number of carbonyl (C=O) groups is 2. The molecule has 3 aromatic carbocycles. The molecule has 0 radical (unpaired) electrons. The van der Waals surface area contributed by atoms with Crippen molar-refractivity contribution in [2.24, 2.45) is 11.8 Å². The van der Waals surface area contributed by atoms with Crippen molar-refractivity contribution in [3.63, 3.8) is 0 Å². The molecule has 2 saturated heterocycles. The van der Waals surface area contributed by atoms with Gasteiger partial charge in [-0.05, 0) is 73.7 Å². The van der Waals surface area contributed by atoms with E-state index in [9.17, 15) is 28.2 Å². The lowest BCUT2D eigenvalue weighted by atomic mass is 9.96. The Morgan fingerprint density at radius 3 is 2.41 bits per heavy atom. The summed E-state index contributed by atoms with van der Waals surface area (Å²) in [5.74, 6) is -1.06. The van der Waals surface area contributed by atoms with Gasteiger partial charge in [0.25, 0.3) is 0 Å². The molecule has 4 aromatic rings. The number of benzene rings is 3. The number of ether oxygens (including phenoxy) is 5. The summed E-state index contributed by atoms with van der Waals surface area (Å²) in [6, 6.07) is 19.4. The van der Waals surface area contributed by atoms with Crippen molar-refractivity contribution in [2.45, 2.75) is 69.2 Å². The Morgan fingerprint density at radius 2 is 1.72 bits per heavy atom. The molecule has 2 aliphatic rings. The molecule has 0 unspecified atom stereocenters. The summed E-state index contributed by atoms with van der Waals surface area (Å²) < 4.78 is 58.4. The maximum absolute atomic E-state index is 13.9. The Hall–Kier alpha value is -4.25. The third-order valence-electron chi connectivity index (χ3n) is 9.79. The average Bonchev–Trinajstić information content (AvgIpc) is 3.81. The first-order chi connectivity index (χ1) is 25.8. The van der Waals surface area contributed by atoms with Crippen molar-refractivity contribution in [2.75, 3.05) is 33.4 Å². The van der Waals surface area contributed by atoms with E-state index in [-0.39, 0.29) is 55.0 Å². The van der Waals surface area contributed by atoms with Gasteiger partial charge in [0.15, 0.2) is 5.79 Å². The highest BCUT2D eigenvalue weighted by Crippen LogP contribution is 2.42. The van der Waals surface area contributed by atoms with Gasteiger partial charge in [-0.15, -0.1) is 11.3 Å². The second-order valence-electron chi connectivity index (χ2n) is 14.1. The number of rotatable bonds is 16. The zero-order chi connectivity index (χ0) is 38.6. The molecule has 0 saturated carbocycles. The molecule has 54 heavy (non-hydrogen) atoms. The second-order valence-corrected chi connectivity index (χ2v) is 17.1. The topological polar surface area (TPSA) is 170 Å². The lowest BCUT2D eigenvalue weighted by molar-refractivity contribution is -0.181. The molecule has 0 bridgehead atoms. The summed E-state index contributed by atoms with van der Waals surface area (Å²) in [6.07, 6.45) is -1.87. The van der Waals surface area contributed by atoms with Crippen LogP contribution in [0.1, 0.15) is 48.0 Å². The molecule has 1 amide bonds. The Kier molecular flexibility index (Phi) is 12.1. The minimum atomic E-state index is -4.05. The number of carboxylic acid groups (broad SMARTS) is 1. The number of carboxylic acids is 1. The number of sulfonamides is 1. The third kappa shape index (κ3) is 8.82. The van der Waals surface area contributed by atoms with Crippen LogP contribution in [0.4, 0.5) is 4.79 Å². The molecule has 3 heterocycles. The largest absolute Gasteiger partial charge is 0.497 e. The highest BCUT2D eigenvalue weighted by Gasteiger charge is 2.53. The van der Waals surface area contributed by atoms with Gasteiger partial charge < -0.3 is 39.2 Å². The van der Waals surface area contributed by atoms with Gasteiger partial charge >= 0.3 is 12.1 Å². The fourth-order valence-corrected chi connectivity index (χ4v) is 9.71. The molecule has 15 heteroatoms. The summed E-state index contributed by atoms with van der Waals surface area (Å²) in [5, 5.41) is 25.1. The Morgan fingerprint density at radius 1 is 1.02 bits per heavy atom. The average molecular weight is 783 g/mol. The van der Waals surface area contributed by atoms with Gasteiger partial charge in [-0.25, -0.2) is 18.0 Å².